The zero-order valence-corrected chi connectivity index (χ0v) is 11.2. The largest absolute Gasteiger partial charge is 0.481 e. The van der Waals surface area contributed by atoms with Crippen molar-refractivity contribution in [1.29, 1.82) is 0 Å². The van der Waals surface area contributed by atoms with Crippen LogP contribution in [0, 0.1) is 0 Å². The molecular formula is C9H18ClO5P. The first-order valence-corrected chi connectivity index (χ1v) is 7.34. The molecule has 16 heavy (non-hydrogen) atoms. The van der Waals surface area contributed by atoms with Gasteiger partial charge < -0.3 is 14.2 Å². The predicted molar refractivity (Wildman–Crippen MR) is 62.2 cm³/mol. The summed E-state index contributed by atoms with van der Waals surface area (Å²) >= 11 is 5.49. The van der Waals surface area contributed by atoms with E-state index in [-0.39, 0.29) is 19.6 Å². The van der Waals surface area contributed by atoms with Crippen molar-refractivity contribution < 1.29 is 23.5 Å². The molecule has 0 saturated heterocycles. The van der Waals surface area contributed by atoms with Crippen LogP contribution in [0.15, 0.2) is 0 Å². The highest BCUT2D eigenvalue weighted by atomic mass is 35.5. The highest BCUT2D eigenvalue weighted by Gasteiger charge is 2.40. The predicted octanol–water partition coefficient (Wildman–Crippen LogP) is 2.72. The molecule has 0 amide bonds. The molecule has 1 N–H and O–H groups in total. The van der Waals surface area contributed by atoms with Crippen LogP contribution in [0.1, 0.15) is 26.7 Å². The number of carboxylic acid groups (broad SMARTS) is 1. The van der Waals surface area contributed by atoms with Gasteiger partial charge in [0, 0.05) is 5.88 Å². The van der Waals surface area contributed by atoms with Crippen LogP contribution in [0.5, 0.6) is 0 Å². The molecule has 0 heterocycles. The van der Waals surface area contributed by atoms with E-state index in [1.165, 1.54) is 0 Å². The van der Waals surface area contributed by atoms with Gasteiger partial charge in [0.15, 0.2) is 5.66 Å². The second kappa shape index (κ2) is 8.07. The monoisotopic (exact) mass is 272 g/mol. The number of hydrogen-bond donors (Lipinski definition) is 1. The fourth-order valence-corrected chi connectivity index (χ4v) is 3.34. The summed E-state index contributed by atoms with van der Waals surface area (Å²) in [6.45, 7) is 3.60. The molecule has 1 atom stereocenters. The highest BCUT2D eigenvalue weighted by molar-refractivity contribution is 7.55. The van der Waals surface area contributed by atoms with E-state index >= 15 is 0 Å². The molecule has 0 aromatic rings. The number of rotatable bonds is 9. The molecule has 0 aromatic carbocycles. The van der Waals surface area contributed by atoms with Crippen LogP contribution >= 0.6 is 19.2 Å². The van der Waals surface area contributed by atoms with Crippen molar-refractivity contribution in [3.8, 4) is 0 Å². The molecule has 0 spiro atoms. The summed E-state index contributed by atoms with van der Waals surface area (Å²) < 4.78 is 22.2. The van der Waals surface area contributed by atoms with Crippen molar-refractivity contribution in [2.45, 2.75) is 32.3 Å². The standard InChI is InChI=1S/C9H18ClO5P/c1-3-14-16(13,15-4-2)8(9(11)12)6-5-7-10/h8H,3-7H2,1-2H3,(H,11,12). The minimum absolute atomic E-state index is 0.155. The second-order valence-electron chi connectivity index (χ2n) is 3.06. The SMILES string of the molecule is CCOP(=O)(OCC)C(CCCCl)C(=O)O. The quantitative estimate of drug-likeness (QED) is 0.516. The highest BCUT2D eigenvalue weighted by Crippen LogP contribution is 2.54. The van der Waals surface area contributed by atoms with Gasteiger partial charge >= 0.3 is 13.6 Å². The zero-order chi connectivity index (χ0) is 12.6. The summed E-state index contributed by atoms with van der Waals surface area (Å²) in [6.07, 6.45) is 0.652. The lowest BCUT2D eigenvalue weighted by molar-refractivity contribution is -0.137. The van der Waals surface area contributed by atoms with E-state index in [0.29, 0.717) is 12.3 Å². The lowest BCUT2D eigenvalue weighted by atomic mass is 10.2. The van der Waals surface area contributed by atoms with E-state index in [1.807, 2.05) is 0 Å². The molecule has 0 radical (unpaired) electrons. The van der Waals surface area contributed by atoms with Crippen molar-refractivity contribution in [3.63, 3.8) is 0 Å². The minimum Gasteiger partial charge on any atom is -0.481 e. The molecule has 0 saturated carbocycles. The molecule has 0 aliphatic heterocycles. The summed E-state index contributed by atoms with van der Waals surface area (Å²) in [5, 5.41) is 9.01. The topological polar surface area (TPSA) is 72.8 Å². The van der Waals surface area contributed by atoms with Gasteiger partial charge in [0.2, 0.25) is 0 Å². The fraction of sp³-hybridized carbons (Fsp3) is 0.889. The summed E-state index contributed by atoms with van der Waals surface area (Å²) in [6, 6.07) is 0. The number of halogens is 1. The lowest BCUT2D eigenvalue weighted by Gasteiger charge is -2.22. The third kappa shape index (κ3) is 4.83. The van der Waals surface area contributed by atoms with Crippen LogP contribution in [0.4, 0.5) is 0 Å². The van der Waals surface area contributed by atoms with Gasteiger partial charge in [-0.2, -0.15) is 0 Å². The molecule has 0 bridgehead atoms. The Morgan fingerprint density at radius 2 is 1.88 bits per heavy atom. The lowest BCUT2D eigenvalue weighted by Crippen LogP contribution is -2.23. The third-order valence-corrected chi connectivity index (χ3v) is 4.64. The molecular weight excluding hydrogens is 255 g/mol. The molecule has 1 unspecified atom stereocenters. The Bertz CT molecular complexity index is 248. The first-order chi connectivity index (χ1) is 7.51. The number of aliphatic carboxylic acids is 1. The van der Waals surface area contributed by atoms with E-state index in [0.717, 1.165) is 0 Å². The van der Waals surface area contributed by atoms with Crippen molar-refractivity contribution in [3.05, 3.63) is 0 Å². The summed E-state index contributed by atoms with van der Waals surface area (Å²) in [7, 11) is -3.57. The van der Waals surface area contributed by atoms with E-state index < -0.39 is 19.2 Å². The zero-order valence-electron chi connectivity index (χ0n) is 9.52. The average Bonchev–Trinajstić information content (AvgIpc) is 2.18. The van der Waals surface area contributed by atoms with E-state index in [9.17, 15) is 9.36 Å². The number of carboxylic acids is 1. The summed E-state index contributed by atoms with van der Waals surface area (Å²) in [4.78, 5) is 11.0. The van der Waals surface area contributed by atoms with Gasteiger partial charge in [-0.05, 0) is 26.7 Å². The molecule has 7 heteroatoms. The molecule has 0 rings (SSSR count). The summed E-state index contributed by atoms with van der Waals surface area (Å²) in [5.74, 6) is -0.850. The maximum atomic E-state index is 12.2. The number of alkyl halides is 1. The van der Waals surface area contributed by atoms with Crippen LogP contribution in [0.3, 0.4) is 0 Å². The normalized spacial score (nSPS) is 13.7. The van der Waals surface area contributed by atoms with Gasteiger partial charge in [-0.15, -0.1) is 11.6 Å². The first kappa shape index (κ1) is 15.9. The van der Waals surface area contributed by atoms with Crippen LogP contribution < -0.4 is 0 Å². The Labute approximate surface area is 101 Å². The Balaban J connectivity index is 4.78. The number of hydrogen-bond acceptors (Lipinski definition) is 4. The van der Waals surface area contributed by atoms with Crippen molar-refractivity contribution in [2.24, 2.45) is 0 Å². The molecule has 0 aliphatic carbocycles. The van der Waals surface area contributed by atoms with Crippen LogP contribution in [-0.2, 0) is 18.4 Å². The van der Waals surface area contributed by atoms with Gasteiger partial charge in [0.1, 0.15) is 0 Å². The van der Waals surface area contributed by atoms with Crippen LogP contribution in [-0.4, -0.2) is 35.8 Å². The molecule has 0 aliphatic rings. The van der Waals surface area contributed by atoms with Crippen LogP contribution in [0.25, 0.3) is 0 Å². The van der Waals surface area contributed by atoms with Crippen molar-refractivity contribution in [1.82, 2.24) is 0 Å². The Morgan fingerprint density at radius 3 is 2.19 bits per heavy atom. The molecule has 0 aromatic heterocycles. The average molecular weight is 273 g/mol. The maximum Gasteiger partial charge on any atom is 0.344 e. The Kier molecular flexibility index (Phi) is 8.02. The molecule has 96 valence electrons. The first-order valence-electron chi connectivity index (χ1n) is 5.19. The van der Waals surface area contributed by atoms with E-state index in [2.05, 4.69) is 0 Å². The van der Waals surface area contributed by atoms with E-state index in [4.69, 9.17) is 25.8 Å². The smallest absolute Gasteiger partial charge is 0.344 e. The minimum atomic E-state index is -3.57. The fourth-order valence-electron chi connectivity index (χ4n) is 1.26. The van der Waals surface area contributed by atoms with Crippen LogP contribution in [0.2, 0.25) is 0 Å². The van der Waals surface area contributed by atoms with Gasteiger partial charge in [0.25, 0.3) is 0 Å². The number of carbonyl (C=O) groups is 1. The van der Waals surface area contributed by atoms with Crippen molar-refractivity contribution in [2.75, 3.05) is 19.1 Å². The summed E-state index contributed by atoms with van der Waals surface area (Å²) in [5.41, 5.74) is -1.13. The van der Waals surface area contributed by atoms with Gasteiger partial charge in [-0.3, -0.25) is 9.36 Å². The molecule has 0 fully saturated rings. The Morgan fingerprint density at radius 1 is 1.38 bits per heavy atom. The second-order valence-corrected chi connectivity index (χ2v) is 5.66. The maximum absolute atomic E-state index is 12.2. The molecule has 5 nitrogen and oxygen atoms in total. The Hall–Kier alpha value is -0.0900. The van der Waals surface area contributed by atoms with Crippen molar-refractivity contribution >= 4 is 25.2 Å². The van der Waals surface area contributed by atoms with E-state index in [1.54, 1.807) is 13.8 Å². The van der Waals surface area contributed by atoms with Gasteiger partial charge in [0.05, 0.1) is 13.2 Å². The van der Waals surface area contributed by atoms with Gasteiger partial charge in [-0.25, -0.2) is 0 Å². The van der Waals surface area contributed by atoms with Gasteiger partial charge in [-0.1, -0.05) is 0 Å². The third-order valence-electron chi connectivity index (χ3n) is 1.90.